The third-order valence-corrected chi connectivity index (χ3v) is 4.25. The largest absolute Gasteiger partial charge is 0.356 e. The van der Waals surface area contributed by atoms with Crippen molar-refractivity contribution in [3.05, 3.63) is 58.4 Å². The summed E-state index contributed by atoms with van der Waals surface area (Å²) in [7, 11) is 0. The van der Waals surface area contributed by atoms with E-state index in [1.807, 2.05) is 6.92 Å². The van der Waals surface area contributed by atoms with Crippen molar-refractivity contribution in [3.63, 3.8) is 0 Å². The topological polar surface area (TPSA) is 55.1 Å². The lowest BCUT2D eigenvalue weighted by Crippen LogP contribution is -2.31. The van der Waals surface area contributed by atoms with Crippen LogP contribution < -0.4 is 4.90 Å². The van der Waals surface area contributed by atoms with Crippen LogP contribution in [-0.4, -0.2) is 21.7 Å². The molecule has 122 valence electrons. The second kappa shape index (κ2) is 5.87. The SMILES string of the molecule is Cc1nc(Cl)cc(N2CCc3noc(-c4ccc(F)cc4)c3C2)n1. The van der Waals surface area contributed by atoms with Gasteiger partial charge in [0.25, 0.3) is 0 Å². The molecule has 0 amide bonds. The first-order valence-electron chi connectivity index (χ1n) is 7.59. The van der Waals surface area contributed by atoms with E-state index < -0.39 is 0 Å². The normalized spacial score (nSPS) is 13.9. The molecule has 0 fully saturated rings. The molecule has 5 nitrogen and oxygen atoms in total. The van der Waals surface area contributed by atoms with Crippen molar-refractivity contribution in [2.24, 2.45) is 0 Å². The molecule has 0 unspecified atom stereocenters. The highest BCUT2D eigenvalue weighted by Crippen LogP contribution is 2.32. The third kappa shape index (κ3) is 2.73. The van der Waals surface area contributed by atoms with Crippen LogP contribution in [0.2, 0.25) is 5.15 Å². The zero-order valence-electron chi connectivity index (χ0n) is 13.0. The van der Waals surface area contributed by atoms with Crippen molar-refractivity contribution in [2.45, 2.75) is 19.9 Å². The van der Waals surface area contributed by atoms with Crippen LogP contribution in [0.25, 0.3) is 11.3 Å². The smallest absolute Gasteiger partial charge is 0.172 e. The summed E-state index contributed by atoms with van der Waals surface area (Å²) in [5, 5.41) is 4.59. The molecule has 0 saturated carbocycles. The van der Waals surface area contributed by atoms with Gasteiger partial charge in [-0.1, -0.05) is 16.8 Å². The van der Waals surface area contributed by atoms with Crippen molar-refractivity contribution < 1.29 is 8.91 Å². The van der Waals surface area contributed by atoms with Crippen LogP contribution in [0.5, 0.6) is 0 Å². The van der Waals surface area contributed by atoms with E-state index in [-0.39, 0.29) is 5.82 Å². The van der Waals surface area contributed by atoms with Gasteiger partial charge in [0.15, 0.2) is 5.76 Å². The maximum atomic E-state index is 13.1. The molecule has 24 heavy (non-hydrogen) atoms. The number of aryl methyl sites for hydroxylation is 1. The number of halogens is 2. The van der Waals surface area contributed by atoms with Crippen LogP contribution in [0.15, 0.2) is 34.9 Å². The maximum Gasteiger partial charge on any atom is 0.172 e. The van der Waals surface area contributed by atoms with Gasteiger partial charge in [-0.15, -0.1) is 0 Å². The number of fused-ring (bicyclic) bond motifs is 1. The number of anilines is 1. The van der Waals surface area contributed by atoms with Gasteiger partial charge >= 0.3 is 0 Å². The Morgan fingerprint density at radius 2 is 2.00 bits per heavy atom. The van der Waals surface area contributed by atoms with Crippen molar-refractivity contribution in [1.82, 2.24) is 15.1 Å². The highest BCUT2D eigenvalue weighted by atomic mass is 35.5. The van der Waals surface area contributed by atoms with E-state index in [0.29, 0.717) is 23.3 Å². The van der Waals surface area contributed by atoms with Crippen LogP contribution in [0.4, 0.5) is 10.2 Å². The Morgan fingerprint density at radius 1 is 1.21 bits per heavy atom. The Morgan fingerprint density at radius 3 is 2.75 bits per heavy atom. The van der Waals surface area contributed by atoms with Crippen LogP contribution in [-0.2, 0) is 13.0 Å². The minimum Gasteiger partial charge on any atom is -0.356 e. The lowest BCUT2D eigenvalue weighted by atomic mass is 10.0. The summed E-state index contributed by atoms with van der Waals surface area (Å²) in [5.41, 5.74) is 2.74. The van der Waals surface area contributed by atoms with Gasteiger partial charge in [0.2, 0.25) is 0 Å². The number of benzene rings is 1. The first kappa shape index (κ1) is 15.1. The number of rotatable bonds is 2. The molecule has 1 aliphatic rings. The van der Waals surface area contributed by atoms with E-state index in [0.717, 1.165) is 35.6 Å². The van der Waals surface area contributed by atoms with Crippen molar-refractivity contribution >= 4 is 17.4 Å². The van der Waals surface area contributed by atoms with Gasteiger partial charge in [0, 0.05) is 30.2 Å². The number of aromatic nitrogens is 3. The van der Waals surface area contributed by atoms with Gasteiger partial charge in [-0.05, 0) is 31.2 Å². The number of nitrogens with zero attached hydrogens (tertiary/aromatic N) is 4. The standard InChI is InChI=1S/C17H14ClFN4O/c1-10-20-15(18)8-16(21-10)23-7-6-14-13(9-23)17(24-22-14)11-2-4-12(19)5-3-11/h2-5,8H,6-7,9H2,1H3. The predicted molar refractivity (Wildman–Crippen MR) is 88.4 cm³/mol. The van der Waals surface area contributed by atoms with Crippen molar-refractivity contribution in [2.75, 3.05) is 11.4 Å². The summed E-state index contributed by atoms with van der Waals surface area (Å²) in [6.45, 7) is 3.20. The molecule has 3 aromatic rings. The highest BCUT2D eigenvalue weighted by molar-refractivity contribution is 6.29. The van der Waals surface area contributed by atoms with Crippen molar-refractivity contribution in [3.8, 4) is 11.3 Å². The van der Waals surface area contributed by atoms with Gasteiger partial charge in [0.1, 0.15) is 22.6 Å². The Balaban J connectivity index is 1.69. The molecular weight excluding hydrogens is 331 g/mol. The molecule has 2 aromatic heterocycles. The molecule has 0 bridgehead atoms. The van der Waals surface area contributed by atoms with Crippen LogP contribution in [0, 0.1) is 12.7 Å². The summed E-state index contributed by atoms with van der Waals surface area (Å²) in [6, 6.07) is 7.98. The average molecular weight is 345 g/mol. The zero-order chi connectivity index (χ0) is 16.7. The van der Waals surface area contributed by atoms with Gasteiger partial charge in [-0.2, -0.15) is 0 Å². The summed E-state index contributed by atoms with van der Waals surface area (Å²) >= 11 is 6.05. The average Bonchev–Trinajstić information content (AvgIpc) is 2.98. The second-order valence-corrected chi connectivity index (χ2v) is 6.10. The molecule has 0 atom stereocenters. The summed E-state index contributed by atoms with van der Waals surface area (Å²) < 4.78 is 18.7. The zero-order valence-corrected chi connectivity index (χ0v) is 13.7. The van der Waals surface area contributed by atoms with Gasteiger partial charge < -0.3 is 9.42 Å². The summed E-state index contributed by atoms with van der Waals surface area (Å²) in [6.07, 6.45) is 0.751. The molecule has 0 aliphatic carbocycles. The second-order valence-electron chi connectivity index (χ2n) is 5.71. The summed E-state index contributed by atoms with van der Waals surface area (Å²) in [4.78, 5) is 10.7. The monoisotopic (exact) mass is 344 g/mol. The fourth-order valence-corrected chi connectivity index (χ4v) is 3.13. The molecule has 4 rings (SSSR count). The molecule has 0 saturated heterocycles. The van der Waals surface area contributed by atoms with E-state index in [1.165, 1.54) is 12.1 Å². The van der Waals surface area contributed by atoms with E-state index in [1.54, 1.807) is 18.2 Å². The predicted octanol–water partition coefficient (Wildman–Crippen LogP) is 3.80. The Kier molecular flexibility index (Phi) is 3.69. The quantitative estimate of drug-likeness (QED) is 0.662. The van der Waals surface area contributed by atoms with Crippen LogP contribution in [0.1, 0.15) is 17.1 Å². The lowest BCUT2D eigenvalue weighted by Gasteiger charge is -2.27. The van der Waals surface area contributed by atoms with Crippen LogP contribution in [0.3, 0.4) is 0 Å². The van der Waals surface area contributed by atoms with Gasteiger partial charge in [0.05, 0.1) is 12.2 Å². The molecular formula is C17H14ClFN4O. The fourth-order valence-electron chi connectivity index (χ4n) is 2.91. The molecule has 0 N–H and O–H groups in total. The Bertz CT molecular complexity index is 874. The Labute approximate surface area is 143 Å². The first-order valence-corrected chi connectivity index (χ1v) is 7.97. The third-order valence-electron chi connectivity index (χ3n) is 4.06. The van der Waals surface area contributed by atoms with E-state index >= 15 is 0 Å². The number of hydrogen-bond donors (Lipinski definition) is 0. The van der Waals surface area contributed by atoms with Gasteiger partial charge in [-0.3, -0.25) is 0 Å². The van der Waals surface area contributed by atoms with E-state index in [9.17, 15) is 4.39 Å². The molecule has 0 spiro atoms. The van der Waals surface area contributed by atoms with Crippen molar-refractivity contribution in [1.29, 1.82) is 0 Å². The van der Waals surface area contributed by atoms with E-state index in [4.69, 9.17) is 16.1 Å². The number of hydrogen-bond acceptors (Lipinski definition) is 5. The minimum atomic E-state index is -0.278. The fraction of sp³-hybridized carbons (Fsp3) is 0.235. The van der Waals surface area contributed by atoms with E-state index in [2.05, 4.69) is 20.0 Å². The summed E-state index contributed by atoms with van der Waals surface area (Å²) in [5.74, 6) is 1.81. The molecule has 0 radical (unpaired) electrons. The lowest BCUT2D eigenvalue weighted by molar-refractivity contribution is 0.424. The molecule has 3 heterocycles. The molecule has 1 aromatic carbocycles. The highest BCUT2D eigenvalue weighted by Gasteiger charge is 2.26. The molecule has 7 heteroatoms. The van der Waals surface area contributed by atoms with Crippen LogP contribution >= 0.6 is 11.6 Å². The van der Waals surface area contributed by atoms with Gasteiger partial charge in [-0.25, -0.2) is 14.4 Å². The first-order chi connectivity index (χ1) is 11.6. The minimum absolute atomic E-state index is 0.278. The maximum absolute atomic E-state index is 13.1. The Hall–Kier alpha value is -2.47. The molecule has 1 aliphatic heterocycles.